The molecular formula is C13H18N3O+. The maximum atomic E-state index is 5.93. The van der Waals surface area contributed by atoms with E-state index in [0.717, 1.165) is 25.2 Å². The van der Waals surface area contributed by atoms with Gasteiger partial charge in [0.25, 0.3) is 0 Å². The number of nitrogens with zero attached hydrogens (tertiary/aromatic N) is 2. The van der Waals surface area contributed by atoms with Crippen molar-refractivity contribution in [3.8, 4) is 0 Å². The van der Waals surface area contributed by atoms with E-state index in [1.807, 2.05) is 6.07 Å². The zero-order valence-corrected chi connectivity index (χ0v) is 10.3. The number of aromatic nitrogens is 2. The summed E-state index contributed by atoms with van der Waals surface area (Å²) >= 11 is 0. The van der Waals surface area contributed by atoms with E-state index in [2.05, 4.69) is 42.0 Å². The number of rotatable bonds is 2. The van der Waals surface area contributed by atoms with Gasteiger partial charge in [0.15, 0.2) is 0 Å². The van der Waals surface area contributed by atoms with Crippen LogP contribution in [0.3, 0.4) is 0 Å². The summed E-state index contributed by atoms with van der Waals surface area (Å²) in [5, 5.41) is 5.87. The molecule has 0 spiro atoms. The monoisotopic (exact) mass is 232 g/mol. The van der Waals surface area contributed by atoms with Crippen molar-refractivity contribution in [1.82, 2.24) is 9.78 Å². The van der Waals surface area contributed by atoms with Crippen LogP contribution in [0.1, 0.15) is 18.8 Å². The van der Waals surface area contributed by atoms with Gasteiger partial charge in [-0.25, -0.2) is 0 Å². The molecule has 0 radical (unpaired) electrons. The standard InChI is InChI=1S/C13H17N3O/c1-3-15(2)13-12-10-6-4-5-7-11(10)14-16(12)8-9-17-13/h4-7,13H,3,8-9H2,1-2H3/p+1. The highest BCUT2D eigenvalue weighted by molar-refractivity contribution is 5.81. The zero-order chi connectivity index (χ0) is 11.8. The normalized spacial score (nSPS) is 21.4. The van der Waals surface area contributed by atoms with Crippen LogP contribution in [0.2, 0.25) is 0 Å². The SMILES string of the molecule is CC[NH+](C)C1OCCn2nc3ccccc3c21. The van der Waals surface area contributed by atoms with E-state index < -0.39 is 0 Å². The number of quaternary nitrogens is 1. The molecule has 2 aromatic rings. The number of hydrogen-bond acceptors (Lipinski definition) is 2. The molecule has 0 aliphatic carbocycles. The summed E-state index contributed by atoms with van der Waals surface area (Å²) in [6.07, 6.45) is 0.112. The largest absolute Gasteiger partial charge is 0.322 e. The number of fused-ring (bicyclic) bond motifs is 3. The van der Waals surface area contributed by atoms with Gasteiger partial charge in [0.1, 0.15) is 5.69 Å². The molecule has 0 fully saturated rings. The second kappa shape index (κ2) is 4.13. The Balaban J connectivity index is 2.17. The van der Waals surface area contributed by atoms with Crippen LogP contribution in [0, 0.1) is 0 Å². The van der Waals surface area contributed by atoms with Gasteiger partial charge < -0.3 is 9.64 Å². The van der Waals surface area contributed by atoms with Gasteiger partial charge in [-0.15, -0.1) is 0 Å². The Hall–Kier alpha value is -1.39. The molecule has 2 atom stereocenters. The Kier molecular flexibility index (Phi) is 2.61. The smallest absolute Gasteiger partial charge is 0.236 e. The molecule has 1 aliphatic rings. The summed E-state index contributed by atoms with van der Waals surface area (Å²) < 4.78 is 8.03. The minimum Gasteiger partial charge on any atom is -0.322 e. The van der Waals surface area contributed by atoms with Crippen molar-refractivity contribution in [1.29, 1.82) is 0 Å². The number of benzene rings is 1. The molecule has 4 nitrogen and oxygen atoms in total. The summed E-state index contributed by atoms with van der Waals surface area (Å²) in [4.78, 5) is 1.37. The van der Waals surface area contributed by atoms with Crippen LogP contribution < -0.4 is 4.90 Å². The highest BCUT2D eigenvalue weighted by Crippen LogP contribution is 2.26. The van der Waals surface area contributed by atoms with Crippen molar-refractivity contribution in [2.24, 2.45) is 0 Å². The lowest BCUT2D eigenvalue weighted by molar-refractivity contribution is -0.937. The summed E-state index contributed by atoms with van der Waals surface area (Å²) in [7, 11) is 2.17. The molecule has 1 aromatic heterocycles. The molecule has 1 N–H and O–H groups in total. The van der Waals surface area contributed by atoms with Crippen LogP contribution in [-0.2, 0) is 11.3 Å². The van der Waals surface area contributed by atoms with Crippen molar-refractivity contribution < 1.29 is 9.64 Å². The fourth-order valence-corrected chi connectivity index (χ4v) is 2.44. The van der Waals surface area contributed by atoms with Crippen molar-refractivity contribution in [3.05, 3.63) is 30.0 Å². The topological polar surface area (TPSA) is 31.5 Å². The lowest BCUT2D eigenvalue weighted by Gasteiger charge is -2.28. The third-order valence-electron chi connectivity index (χ3n) is 3.53. The van der Waals surface area contributed by atoms with Gasteiger partial charge in [0.05, 0.1) is 32.3 Å². The van der Waals surface area contributed by atoms with E-state index in [1.54, 1.807) is 0 Å². The first-order chi connectivity index (χ1) is 8.31. The molecule has 3 rings (SSSR count). The van der Waals surface area contributed by atoms with Gasteiger partial charge in [-0.1, -0.05) is 18.2 Å². The predicted octanol–water partition coefficient (Wildman–Crippen LogP) is 0.600. The molecular weight excluding hydrogens is 214 g/mol. The molecule has 0 bridgehead atoms. The van der Waals surface area contributed by atoms with Gasteiger partial charge in [-0.2, -0.15) is 5.10 Å². The second-order valence-electron chi connectivity index (χ2n) is 4.58. The molecule has 4 heteroatoms. The Morgan fingerprint density at radius 3 is 3.12 bits per heavy atom. The Labute approximate surface area is 101 Å². The van der Waals surface area contributed by atoms with Crippen molar-refractivity contribution in [2.75, 3.05) is 20.2 Å². The van der Waals surface area contributed by atoms with Gasteiger partial charge in [-0.3, -0.25) is 4.68 Å². The minimum absolute atomic E-state index is 0.112. The van der Waals surface area contributed by atoms with E-state index in [1.165, 1.54) is 16.0 Å². The maximum absolute atomic E-state index is 5.93. The van der Waals surface area contributed by atoms with E-state index in [4.69, 9.17) is 4.74 Å². The number of ether oxygens (including phenoxy) is 1. The van der Waals surface area contributed by atoms with Gasteiger partial charge in [0.2, 0.25) is 6.23 Å². The molecule has 0 amide bonds. The summed E-state index contributed by atoms with van der Waals surface area (Å²) in [6, 6.07) is 8.31. The average molecular weight is 232 g/mol. The van der Waals surface area contributed by atoms with Gasteiger partial charge >= 0.3 is 0 Å². The Morgan fingerprint density at radius 1 is 1.47 bits per heavy atom. The molecule has 90 valence electrons. The van der Waals surface area contributed by atoms with Crippen molar-refractivity contribution >= 4 is 10.9 Å². The van der Waals surface area contributed by atoms with Crippen LogP contribution in [0.4, 0.5) is 0 Å². The zero-order valence-electron chi connectivity index (χ0n) is 10.3. The lowest BCUT2D eigenvalue weighted by atomic mass is 10.1. The maximum Gasteiger partial charge on any atom is 0.236 e. The van der Waals surface area contributed by atoms with Crippen LogP contribution in [-0.4, -0.2) is 30.0 Å². The minimum atomic E-state index is 0.112. The molecule has 0 saturated carbocycles. The van der Waals surface area contributed by atoms with Crippen LogP contribution in [0.25, 0.3) is 10.9 Å². The molecule has 2 unspecified atom stereocenters. The highest BCUT2D eigenvalue weighted by atomic mass is 16.5. The Morgan fingerprint density at radius 2 is 2.29 bits per heavy atom. The summed E-state index contributed by atoms with van der Waals surface area (Å²) in [5.41, 5.74) is 2.30. The predicted molar refractivity (Wildman–Crippen MR) is 65.9 cm³/mol. The average Bonchev–Trinajstić information content (AvgIpc) is 2.76. The first-order valence-electron chi connectivity index (χ1n) is 6.20. The van der Waals surface area contributed by atoms with E-state index in [0.29, 0.717) is 0 Å². The van der Waals surface area contributed by atoms with E-state index in [9.17, 15) is 0 Å². The van der Waals surface area contributed by atoms with E-state index in [-0.39, 0.29) is 6.23 Å². The number of nitrogens with one attached hydrogen (secondary N) is 1. The van der Waals surface area contributed by atoms with Crippen LogP contribution in [0.5, 0.6) is 0 Å². The first-order valence-corrected chi connectivity index (χ1v) is 6.20. The quantitative estimate of drug-likeness (QED) is 0.822. The van der Waals surface area contributed by atoms with Crippen LogP contribution in [0.15, 0.2) is 24.3 Å². The third-order valence-corrected chi connectivity index (χ3v) is 3.53. The molecule has 2 heterocycles. The lowest BCUT2D eigenvalue weighted by Crippen LogP contribution is -3.09. The first kappa shape index (κ1) is 10.7. The number of hydrogen-bond donors (Lipinski definition) is 1. The van der Waals surface area contributed by atoms with E-state index >= 15 is 0 Å². The molecule has 0 saturated heterocycles. The fraction of sp³-hybridized carbons (Fsp3) is 0.462. The van der Waals surface area contributed by atoms with Crippen LogP contribution >= 0.6 is 0 Å². The molecule has 1 aliphatic heterocycles. The van der Waals surface area contributed by atoms with Gasteiger partial charge in [0, 0.05) is 5.39 Å². The fourth-order valence-electron chi connectivity index (χ4n) is 2.44. The third kappa shape index (κ3) is 1.64. The van der Waals surface area contributed by atoms with Crippen molar-refractivity contribution in [2.45, 2.75) is 19.7 Å². The van der Waals surface area contributed by atoms with Crippen molar-refractivity contribution in [3.63, 3.8) is 0 Å². The molecule has 1 aromatic carbocycles. The summed E-state index contributed by atoms with van der Waals surface area (Å²) in [6.45, 7) is 4.83. The molecule has 17 heavy (non-hydrogen) atoms. The summed E-state index contributed by atoms with van der Waals surface area (Å²) in [5.74, 6) is 0. The highest BCUT2D eigenvalue weighted by Gasteiger charge is 2.30. The second-order valence-corrected chi connectivity index (χ2v) is 4.58. The Bertz CT molecular complexity index is 534. The van der Waals surface area contributed by atoms with Gasteiger partial charge in [-0.05, 0) is 13.0 Å².